The minimum Gasteiger partial charge on any atom is -0.463 e. The Labute approximate surface area is 369 Å². The Bertz CT molecular complexity index is 1640. The smallest absolute Gasteiger partial charge is 0.336 e. The van der Waals surface area contributed by atoms with E-state index in [1.165, 1.54) is 64.2 Å². The summed E-state index contributed by atoms with van der Waals surface area (Å²) in [5.74, 6) is 0.497. The summed E-state index contributed by atoms with van der Waals surface area (Å²) in [6.45, 7) is 10.3. The molecule has 3 heterocycles. The second-order valence-corrected chi connectivity index (χ2v) is 20.9. The molecule has 62 heavy (non-hydrogen) atoms. The maximum atomic E-state index is 13.6. The Hall–Kier alpha value is -2.19. The zero-order chi connectivity index (χ0) is 44.4. The maximum absolute atomic E-state index is 13.6. The highest BCUT2D eigenvalue weighted by Crippen LogP contribution is 2.73. The lowest BCUT2D eigenvalue weighted by atomic mass is 9.44. The van der Waals surface area contributed by atoms with Crippen molar-refractivity contribution >= 4 is 17.7 Å². The second kappa shape index (κ2) is 20.1. The number of cyclic esters (lactones) is 1. The van der Waals surface area contributed by atoms with Crippen molar-refractivity contribution in [3.63, 3.8) is 0 Å². The van der Waals surface area contributed by atoms with E-state index in [2.05, 4.69) is 20.8 Å². The van der Waals surface area contributed by atoms with Crippen LogP contribution >= 0.6 is 0 Å². The molecule has 16 unspecified atom stereocenters. The molecule has 0 radical (unpaired) electrons. The monoisotopic (exact) mass is 871 g/mol. The first-order chi connectivity index (χ1) is 29.7. The van der Waals surface area contributed by atoms with Crippen molar-refractivity contribution in [2.24, 2.45) is 40.4 Å². The molecule has 350 valence electrons. The van der Waals surface area contributed by atoms with Crippen LogP contribution in [0, 0.1) is 40.4 Å². The molecular weight excluding hydrogens is 793 g/mol. The van der Waals surface area contributed by atoms with Gasteiger partial charge in [-0.15, -0.1) is 0 Å². The highest BCUT2D eigenvalue weighted by atomic mass is 16.7. The fourth-order valence-electron chi connectivity index (χ4n) is 13.6. The minimum absolute atomic E-state index is 0.0162. The van der Waals surface area contributed by atoms with Gasteiger partial charge >= 0.3 is 11.9 Å². The number of carbonyl (C=O) groups excluding carboxylic acids is 3. The van der Waals surface area contributed by atoms with Gasteiger partial charge < -0.3 is 44.1 Å². The molecule has 2 saturated heterocycles. The van der Waals surface area contributed by atoms with Gasteiger partial charge in [0.15, 0.2) is 12.1 Å². The summed E-state index contributed by atoms with van der Waals surface area (Å²) in [7, 11) is 0. The number of rotatable bonds is 21. The predicted molar refractivity (Wildman–Crippen MR) is 231 cm³/mol. The summed E-state index contributed by atoms with van der Waals surface area (Å²) < 4.78 is 29.6. The van der Waals surface area contributed by atoms with Gasteiger partial charge in [0.1, 0.15) is 48.8 Å². The van der Waals surface area contributed by atoms with E-state index >= 15 is 0 Å². The fourth-order valence-corrected chi connectivity index (χ4v) is 13.6. The van der Waals surface area contributed by atoms with Gasteiger partial charge in [0.25, 0.3) is 0 Å². The summed E-state index contributed by atoms with van der Waals surface area (Å²) in [6, 6.07) is 0. The molecule has 0 aromatic rings. The average Bonchev–Trinajstić information content (AvgIpc) is 3.89. The largest absolute Gasteiger partial charge is 0.463 e. The lowest BCUT2D eigenvalue weighted by Crippen LogP contribution is -2.63. The van der Waals surface area contributed by atoms with Crippen LogP contribution < -0.4 is 0 Å². The van der Waals surface area contributed by atoms with E-state index < -0.39 is 59.8 Å². The van der Waals surface area contributed by atoms with Crippen LogP contribution in [-0.4, -0.2) is 106 Å². The zero-order valence-corrected chi connectivity index (χ0v) is 38.3. The Balaban J connectivity index is 0.849. The molecule has 0 amide bonds. The third-order valence-electron chi connectivity index (χ3n) is 17.4. The van der Waals surface area contributed by atoms with Crippen molar-refractivity contribution in [1.82, 2.24) is 0 Å². The summed E-state index contributed by atoms with van der Waals surface area (Å²) in [5.41, 5.74) is -0.337. The van der Waals surface area contributed by atoms with E-state index in [0.717, 1.165) is 50.5 Å². The first-order valence-corrected chi connectivity index (χ1v) is 24.6. The van der Waals surface area contributed by atoms with Gasteiger partial charge in [-0.1, -0.05) is 103 Å². The molecule has 0 aromatic heterocycles. The number of fused-ring (bicyclic) bond motifs is 4. The number of epoxide rings is 1. The van der Waals surface area contributed by atoms with E-state index in [4.69, 9.17) is 23.7 Å². The molecule has 5 fully saturated rings. The standard InChI is InChI=1S/C50H78O12/c1-6-7-8-9-10-11-12-13-14-15-16-17-18-19-42(53)58-29-38-43(54)44(55)45(56)47(61-38)59-28-33-30(2)26-37(60-46(33)57)31(3)34-20-21-35-32-27-41-50(62-41)40(52)23-22-39(51)49(50,5)36(32)24-25-48(34,35)4/h22-23,31-32,34-38,40-41,43-45,47,52,54-56H,6-21,24-29H2,1-5H3. The Morgan fingerprint density at radius 2 is 1.53 bits per heavy atom. The van der Waals surface area contributed by atoms with Crippen LogP contribution in [0.2, 0.25) is 0 Å². The van der Waals surface area contributed by atoms with Crippen molar-refractivity contribution in [2.75, 3.05) is 13.2 Å². The minimum atomic E-state index is -1.61. The molecule has 7 aliphatic rings. The number of unbranched alkanes of at least 4 members (excludes halogenated alkanes) is 12. The van der Waals surface area contributed by atoms with Crippen LogP contribution in [0.1, 0.15) is 163 Å². The Morgan fingerprint density at radius 1 is 0.871 bits per heavy atom. The molecule has 1 spiro atoms. The van der Waals surface area contributed by atoms with E-state index in [1.807, 2.05) is 13.8 Å². The van der Waals surface area contributed by atoms with Crippen LogP contribution in [0.4, 0.5) is 0 Å². The zero-order valence-electron chi connectivity index (χ0n) is 38.3. The van der Waals surface area contributed by atoms with Gasteiger partial charge in [0.2, 0.25) is 0 Å². The van der Waals surface area contributed by atoms with Gasteiger partial charge in [-0.05, 0) is 99.5 Å². The molecule has 0 bridgehead atoms. The molecule has 12 nitrogen and oxygen atoms in total. The molecule has 7 rings (SSSR count). The van der Waals surface area contributed by atoms with E-state index in [-0.39, 0.29) is 54.9 Å². The highest BCUT2D eigenvalue weighted by molar-refractivity contribution is 5.98. The van der Waals surface area contributed by atoms with Crippen LogP contribution in [0.25, 0.3) is 0 Å². The lowest BCUT2D eigenvalue weighted by molar-refractivity contribution is -0.299. The molecular formula is C50H78O12. The highest BCUT2D eigenvalue weighted by Gasteiger charge is 2.80. The topological polar surface area (TPSA) is 182 Å². The third kappa shape index (κ3) is 9.15. The third-order valence-corrected chi connectivity index (χ3v) is 17.4. The van der Waals surface area contributed by atoms with Crippen LogP contribution in [0.3, 0.4) is 0 Å². The number of hydrogen-bond donors (Lipinski definition) is 4. The van der Waals surface area contributed by atoms with Crippen LogP contribution in [-0.2, 0) is 38.1 Å². The normalized spacial score (nSPS) is 41.5. The maximum Gasteiger partial charge on any atom is 0.336 e. The molecule has 4 N–H and O–H groups in total. The summed E-state index contributed by atoms with van der Waals surface area (Å²) in [5, 5.41) is 43.1. The van der Waals surface area contributed by atoms with Crippen molar-refractivity contribution in [2.45, 2.75) is 218 Å². The number of esters is 2. The Morgan fingerprint density at radius 3 is 2.19 bits per heavy atom. The van der Waals surface area contributed by atoms with Gasteiger partial charge in [-0.25, -0.2) is 4.79 Å². The van der Waals surface area contributed by atoms with E-state index in [1.54, 1.807) is 12.2 Å². The Kier molecular flexibility index (Phi) is 15.5. The van der Waals surface area contributed by atoms with Gasteiger partial charge in [-0.2, -0.15) is 0 Å². The number of aliphatic hydroxyl groups excluding tert-OH is 4. The predicted octanol–water partition coefficient (Wildman–Crippen LogP) is 7.21. The molecule has 4 aliphatic carbocycles. The van der Waals surface area contributed by atoms with E-state index in [9.17, 15) is 34.8 Å². The molecule has 0 aromatic carbocycles. The summed E-state index contributed by atoms with van der Waals surface area (Å²) in [6.07, 6.45) is 16.1. The quantitative estimate of drug-likeness (QED) is 0.0518. The van der Waals surface area contributed by atoms with Gasteiger partial charge in [0.05, 0.1) is 23.7 Å². The fraction of sp³-hybridized carbons (Fsp3) is 0.860. The summed E-state index contributed by atoms with van der Waals surface area (Å²) in [4.78, 5) is 39.7. The number of ketones is 1. The van der Waals surface area contributed by atoms with Crippen molar-refractivity contribution in [3.05, 3.63) is 23.3 Å². The van der Waals surface area contributed by atoms with Crippen LogP contribution in [0.15, 0.2) is 23.3 Å². The molecule has 16 atom stereocenters. The van der Waals surface area contributed by atoms with Gasteiger partial charge in [0, 0.05) is 12.8 Å². The summed E-state index contributed by atoms with van der Waals surface area (Å²) >= 11 is 0. The van der Waals surface area contributed by atoms with Gasteiger partial charge in [-0.3, -0.25) is 9.59 Å². The SMILES string of the molecule is CCCCCCCCCCCCCCCC(=O)OCC1OC(OCC2=C(C)CC(C(C)C3CCC4C5CC6OC67C(O)C=CC(=O)C7(C)C5CCC34C)OC2=O)C(O)C(O)C1O. The molecule has 3 aliphatic heterocycles. The van der Waals surface area contributed by atoms with Crippen LogP contribution in [0.5, 0.6) is 0 Å². The molecule has 12 heteroatoms. The number of hydrogen-bond acceptors (Lipinski definition) is 12. The van der Waals surface area contributed by atoms with Crippen molar-refractivity contribution < 1.29 is 58.5 Å². The number of carbonyl (C=O) groups is 3. The van der Waals surface area contributed by atoms with Crippen molar-refractivity contribution in [1.29, 1.82) is 0 Å². The first kappa shape index (κ1) is 47.8. The first-order valence-electron chi connectivity index (χ1n) is 24.6. The van der Waals surface area contributed by atoms with Crippen molar-refractivity contribution in [3.8, 4) is 0 Å². The average molecular weight is 871 g/mol. The lowest BCUT2D eigenvalue weighted by Gasteiger charge is -2.58. The number of allylic oxidation sites excluding steroid dienone is 1. The number of ether oxygens (including phenoxy) is 5. The van der Waals surface area contributed by atoms with E-state index in [0.29, 0.717) is 36.2 Å². The number of aliphatic hydroxyl groups is 4. The molecule has 3 saturated carbocycles. The second-order valence-electron chi connectivity index (χ2n) is 20.9.